The van der Waals surface area contributed by atoms with E-state index in [2.05, 4.69) is 5.32 Å². The van der Waals surface area contributed by atoms with Crippen LogP contribution in [0.3, 0.4) is 0 Å². The first-order valence-electron chi connectivity index (χ1n) is 7.36. The molecule has 0 atom stereocenters. The Kier molecular flexibility index (Phi) is 4.62. The van der Waals surface area contributed by atoms with E-state index in [1.807, 2.05) is 4.90 Å². The number of nitrogens with zero attached hydrogens (tertiary/aromatic N) is 1. The lowest BCUT2D eigenvalue weighted by Gasteiger charge is -2.20. The zero-order chi connectivity index (χ0) is 14.6. The van der Waals surface area contributed by atoms with Gasteiger partial charge in [-0.1, -0.05) is 12.8 Å². The second kappa shape index (κ2) is 6.24. The van der Waals surface area contributed by atoms with Crippen LogP contribution in [0.2, 0.25) is 0 Å². The molecular weight excluding hydrogens is 260 g/mol. The van der Waals surface area contributed by atoms with Crippen molar-refractivity contribution in [3.05, 3.63) is 0 Å². The summed E-state index contributed by atoms with van der Waals surface area (Å²) in [5.41, 5.74) is -1.22. The van der Waals surface area contributed by atoms with Gasteiger partial charge in [-0.25, -0.2) is 0 Å². The Labute approximate surface area is 118 Å². The molecule has 2 fully saturated rings. The summed E-state index contributed by atoms with van der Waals surface area (Å²) >= 11 is 0. The summed E-state index contributed by atoms with van der Waals surface area (Å²) in [6, 6.07) is 0. The van der Waals surface area contributed by atoms with E-state index in [1.54, 1.807) is 0 Å². The number of carbonyl (C=O) groups is 3. The summed E-state index contributed by atoms with van der Waals surface area (Å²) in [4.78, 5) is 36.6. The number of amides is 2. The molecule has 0 aromatic rings. The number of hydrogen-bond donors (Lipinski definition) is 2. The van der Waals surface area contributed by atoms with Gasteiger partial charge in [0, 0.05) is 26.1 Å². The molecule has 2 rings (SSSR count). The zero-order valence-electron chi connectivity index (χ0n) is 11.7. The summed E-state index contributed by atoms with van der Waals surface area (Å²) in [6.07, 6.45) is 5.47. The Morgan fingerprint density at radius 2 is 1.65 bits per heavy atom. The molecule has 6 heteroatoms. The van der Waals surface area contributed by atoms with Crippen molar-refractivity contribution in [3.63, 3.8) is 0 Å². The maximum atomic E-state index is 12.0. The molecule has 0 radical (unpaired) electrons. The molecule has 0 spiro atoms. The Balaban J connectivity index is 1.71. The highest BCUT2D eigenvalue weighted by atomic mass is 16.4. The average Bonchev–Trinajstić information content (AvgIpc) is 3.23. The van der Waals surface area contributed by atoms with E-state index in [-0.39, 0.29) is 18.9 Å². The highest BCUT2D eigenvalue weighted by Crippen LogP contribution is 2.45. The van der Waals surface area contributed by atoms with Crippen molar-refractivity contribution in [1.82, 2.24) is 10.2 Å². The second-order valence-corrected chi connectivity index (χ2v) is 5.69. The lowest BCUT2D eigenvalue weighted by atomic mass is 10.1. The number of aliphatic carboxylic acids is 1. The monoisotopic (exact) mass is 282 g/mol. The third-order valence-electron chi connectivity index (χ3n) is 4.18. The molecule has 2 aliphatic rings. The molecule has 6 nitrogen and oxygen atoms in total. The van der Waals surface area contributed by atoms with Gasteiger partial charge in [0.05, 0.1) is 0 Å². The van der Waals surface area contributed by atoms with Crippen LogP contribution < -0.4 is 5.32 Å². The van der Waals surface area contributed by atoms with Gasteiger partial charge in [0.2, 0.25) is 11.8 Å². The van der Waals surface area contributed by atoms with E-state index in [0.29, 0.717) is 12.8 Å². The van der Waals surface area contributed by atoms with Crippen LogP contribution in [0.5, 0.6) is 0 Å². The zero-order valence-corrected chi connectivity index (χ0v) is 11.7. The van der Waals surface area contributed by atoms with Crippen molar-refractivity contribution in [2.75, 3.05) is 19.6 Å². The molecule has 1 aliphatic heterocycles. The quantitative estimate of drug-likeness (QED) is 0.729. The number of likely N-dealkylation sites (tertiary alicyclic amines) is 1. The predicted molar refractivity (Wildman–Crippen MR) is 72.0 cm³/mol. The molecule has 112 valence electrons. The van der Waals surface area contributed by atoms with Gasteiger partial charge in [0.15, 0.2) is 0 Å². The fraction of sp³-hybridized carbons (Fsp3) is 0.786. The maximum absolute atomic E-state index is 12.0. The summed E-state index contributed by atoms with van der Waals surface area (Å²) in [6.45, 7) is 1.82. The summed E-state index contributed by atoms with van der Waals surface area (Å²) < 4.78 is 0. The maximum Gasteiger partial charge on any atom is 0.319 e. The molecule has 20 heavy (non-hydrogen) atoms. The smallest absolute Gasteiger partial charge is 0.319 e. The predicted octanol–water partition coefficient (Wildman–Crippen LogP) is 0.760. The summed E-state index contributed by atoms with van der Waals surface area (Å²) in [5, 5.41) is 11.6. The lowest BCUT2D eigenvalue weighted by molar-refractivity contribution is -0.149. The first-order valence-corrected chi connectivity index (χ1v) is 7.36. The van der Waals surface area contributed by atoms with Gasteiger partial charge >= 0.3 is 5.97 Å². The fourth-order valence-corrected chi connectivity index (χ4v) is 2.59. The van der Waals surface area contributed by atoms with Crippen LogP contribution in [0.15, 0.2) is 0 Å². The number of carboxylic acids is 1. The molecule has 0 aromatic carbocycles. The lowest BCUT2D eigenvalue weighted by Crippen LogP contribution is -2.40. The summed E-state index contributed by atoms with van der Waals surface area (Å²) in [7, 11) is 0. The number of hydrogen-bond acceptors (Lipinski definition) is 3. The van der Waals surface area contributed by atoms with Crippen LogP contribution in [0.4, 0.5) is 0 Å². The largest absolute Gasteiger partial charge is 0.480 e. The minimum absolute atomic E-state index is 0.0485. The topological polar surface area (TPSA) is 86.7 Å². The number of rotatable bonds is 5. The molecule has 0 aromatic heterocycles. The van der Waals surface area contributed by atoms with Crippen LogP contribution in [0.1, 0.15) is 44.9 Å². The second-order valence-electron chi connectivity index (χ2n) is 5.69. The Morgan fingerprint density at radius 1 is 1.05 bits per heavy atom. The summed E-state index contributed by atoms with van der Waals surface area (Å²) in [5.74, 6) is -1.46. The van der Waals surface area contributed by atoms with Gasteiger partial charge in [-0.2, -0.15) is 0 Å². The number of carbonyl (C=O) groups excluding carboxylic acids is 2. The van der Waals surface area contributed by atoms with Gasteiger partial charge in [0.1, 0.15) is 5.41 Å². The first kappa shape index (κ1) is 14.8. The van der Waals surface area contributed by atoms with Crippen molar-refractivity contribution in [2.24, 2.45) is 5.41 Å². The van der Waals surface area contributed by atoms with Crippen molar-refractivity contribution in [2.45, 2.75) is 44.9 Å². The van der Waals surface area contributed by atoms with Crippen molar-refractivity contribution >= 4 is 17.8 Å². The third kappa shape index (κ3) is 3.29. The van der Waals surface area contributed by atoms with Crippen LogP contribution in [0, 0.1) is 5.41 Å². The SMILES string of the molecule is O=C(CCNC(=O)C1(C(=O)O)CC1)N1CCCCCC1. The minimum Gasteiger partial charge on any atom is -0.480 e. The molecule has 1 heterocycles. The van der Waals surface area contributed by atoms with Crippen LogP contribution in [0.25, 0.3) is 0 Å². The van der Waals surface area contributed by atoms with Crippen molar-refractivity contribution in [3.8, 4) is 0 Å². The molecule has 1 aliphatic carbocycles. The van der Waals surface area contributed by atoms with Crippen LogP contribution >= 0.6 is 0 Å². The van der Waals surface area contributed by atoms with Gasteiger partial charge in [-0.3, -0.25) is 14.4 Å². The van der Waals surface area contributed by atoms with Crippen LogP contribution in [-0.2, 0) is 14.4 Å². The molecule has 1 saturated carbocycles. The standard InChI is InChI=1S/C14H22N2O4/c17-11(16-9-3-1-2-4-10-16)5-8-15-12(18)14(6-7-14)13(19)20/h1-10H2,(H,15,18)(H,19,20). The van der Waals surface area contributed by atoms with Gasteiger partial charge < -0.3 is 15.3 Å². The van der Waals surface area contributed by atoms with E-state index >= 15 is 0 Å². The molecular formula is C14H22N2O4. The van der Waals surface area contributed by atoms with E-state index in [4.69, 9.17) is 5.11 Å². The van der Waals surface area contributed by atoms with E-state index in [9.17, 15) is 14.4 Å². The van der Waals surface area contributed by atoms with E-state index in [0.717, 1.165) is 25.9 Å². The first-order chi connectivity index (χ1) is 9.56. The van der Waals surface area contributed by atoms with Crippen LogP contribution in [-0.4, -0.2) is 47.4 Å². The molecule has 1 saturated heterocycles. The van der Waals surface area contributed by atoms with Crippen molar-refractivity contribution in [1.29, 1.82) is 0 Å². The van der Waals surface area contributed by atoms with Crippen molar-refractivity contribution < 1.29 is 19.5 Å². The Morgan fingerprint density at radius 3 is 2.15 bits per heavy atom. The minimum atomic E-state index is -1.22. The van der Waals surface area contributed by atoms with E-state index < -0.39 is 17.3 Å². The van der Waals surface area contributed by atoms with Gasteiger partial charge in [0.25, 0.3) is 0 Å². The van der Waals surface area contributed by atoms with E-state index in [1.165, 1.54) is 12.8 Å². The number of carboxylic acid groups (broad SMARTS) is 1. The Bertz CT molecular complexity index is 396. The third-order valence-corrected chi connectivity index (χ3v) is 4.18. The van der Waals surface area contributed by atoms with Gasteiger partial charge in [-0.05, 0) is 25.7 Å². The molecule has 0 unspecified atom stereocenters. The normalized spacial score (nSPS) is 20.9. The highest BCUT2D eigenvalue weighted by molar-refractivity contribution is 6.04. The average molecular weight is 282 g/mol. The molecule has 2 N–H and O–H groups in total. The molecule has 2 amide bonds. The number of nitrogens with one attached hydrogen (secondary N) is 1. The fourth-order valence-electron chi connectivity index (χ4n) is 2.59. The Hall–Kier alpha value is -1.59. The highest BCUT2D eigenvalue weighted by Gasteiger charge is 2.56. The molecule has 0 bridgehead atoms. The van der Waals surface area contributed by atoms with Gasteiger partial charge in [-0.15, -0.1) is 0 Å².